The average molecular weight is 782 g/mol. The summed E-state index contributed by atoms with van der Waals surface area (Å²) in [6, 6.07) is 0. The van der Waals surface area contributed by atoms with Crippen LogP contribution < -0.4 is 5.32 Å². The van der Waals surface area contributed by atoms with Crippen molar-refractivity contribution in [3.8, 4) is 0 Å². The van der Waals surface area contributed by atoms with Crippen LogP contribution in [-0.2, 0) is 27.9 Å². The summed E-state index contributed by atoms with van der Waals surface area (Å²) in [7, 11) is -4.42. The van der Waals surface area contributed by atoms with Crippen molar-refractivity contribution in [3.05, 3.63) is 48.6 Å². The monoisotopic (exact) mass is 782 g/mol. The molecule has 0 aromatic heterocycles. The molecule has 0 fully saturated rings. The van der Waals surface area contributed by atoms with Gasteiger partial charge in [0.1, 0.15) is 12.7 Å². The largest absolute Gasteiger partial charge is 0.472 e. The first-order valence-electron chi connectivity index (χ1n) is 21.6. The third kappa shape index (κ3) is 41.1. The van der Waals surface area contributed by atoms with Crippen LogP contribution in [0, 0.1) is 0 Å². The van der Waals surface area contributed by atoms with Gasteiger partial charge in [0.15, 0.2) is 0 Å². The van der Waals surface area contributed by atoms with E-state index >= 15 is 0 Å². The van der Waals surface area contributed by atoms with Crippen LogP contribution in [0.3, 0.4) is 0 Å². The fraction of sp³-hybridized carbons (Fsp3) is 0.773. The van der Waals surface area contributed by atoms with Crippen LogP contribution >= 0.6 is 7.82 Å². The molecule has 0 heterocycles. The Bertz CT molecular complexity index is 1030. The van der Waals surface area contributed by atoms with Crippen molar-refractivity contribution in [1.29, 1.82) is 0 Å². The van der Waals surface area contributed by atoms with Gasteiger partial charge in [0.05, 0.1) is 13.2 Å². The number of hydrogen-bond acceptors (Lipinski definition) is 7. The Morgan fingerprint density at radius 2 is 1.06 bits per heavy atom. The van der Waals surface area contributed by atoms with Gasteiger partial charge in [0, 0.05) is 19.4 Å². The van der Waals surface area contributed by atoms with E-state index in [-0.39, 0.29) is 32.1 Å². The molecule has 0 aliphatic heterocycles. The van der Waals surface area contributed by atoms with E-state index in [1.165, 1.54) is 83.5 Å². The minimum absolute atomic E-state index is 0.0763. The molecule has 0 aromatic rings. The molecule has 2 unspecified atom stereocenters. The highest BCUT2D eigenvalue weighted by Crippen LogP contribution is 2.42. The number of allylic oxidation sites excluding steroid dienone is 8. The number of unbranched alkanes of at least 4 members (excludes halogenated alkanes) is 19. The molecule has 10 heteroatoms. The highest BCUT2D eigenvalue weighted by atomic mass is 31.2. The second kappa shape index (κ2) is 40.6. The van der Waals surface area contributed by atoms with E-state index in [4.69, 9.17) is 13.8 Å². The highest BCUT2D eigenvalue weighted by molar-refractivity contribution is 7.47. The van der Waals surface area contributed by atoms with E-state index in [0.717, 1.165) is 70.6 Å². The predicted octanol–water partition coefficient (Wildman–Crippen LogP) is 11.9. The Morgan fingerprint density at radius 3 is 1.61 bits per heavy atom. The van der Waals surface area contributed by atoms with Gasteiger partial charge >= 0.3 is 13.8 Å². The number of carbonyl (C=O) groups is 2. The van der Waals surface area contributed by atoms with Gasteiger partial charge in [-0.3, -0.25) is 18.6 Å². The average Bonchev–Trinajstić information content (AvgIpc) is 3.16. The molecule has 9 nitrogen and oxygen atoms in total. The zero-order valence-corrected chi connectivity index (χ0v) is 35.3. The molecule has 3 N–H and O–H groups in total. The molecule has 0 bridgehead atoms. The highest BCUT2D eigenvalue weighted by Gasteiger charge is 2.23. The number of esters is 1. The molecule has 1 amide bonds. The minimum Gasteiger partial charge on any atom is -0.463 e. The van der Waals surface area contributed by atoms with E-state index in [2.05, 4.69) is 67.8 Å². The maximum absolute atomic E-state index is 12.1. The molecule has 0 spiro atoms. The number of hydrogen-bond donors (Lipinski definition) is 3. The summed E-state index contributed by atoms with van der Waals surface area (Å²) in [5, 5.41) is 12.7. The molecule has 54 heavy (non-hydrogen) atoms. The fourth-order valence-electron chi connectivity index (χ4n) is 5.74. The first kappa shape index (κ1) is 52.0. The van der Waals surface area contributed by atoms with Crippen molar-refractivity contribution >= 4 is 19.7 Å². The lowest BCUT2D eigenvalue weighted by molar-refractivity contribution is -0.147. The van der Waals surface area contributed by atoms with E-state index in [1.54, 1.807) is 0 Å². The number of amides is 1. The Morgan fingerprint density at radius 1 is 0.593 bits per heavy atom. The molecule has 0 rings (SSSR count). The lowest BCUT2D eigenvalue weighted by Gasteiger charge is -2.15. The number of rotatable bonds is 40. The van der Waals surface area contributed by atoms with Crippen LogP contribution in [0.4, 0.5) is 0 Å². The van der Waals surface area contributed by atoms with Crippen molar-refractivity contribution in [3.63, 3.8) is 0 Å². The number of aliphatic hydroxyl groups excluding tert-OH is 1. The molecular weight excluding hydrogens is 701 g/mol. The Hall–Kier alpha value is -2.03. The topological polar surface area (TPSA) is 131 Å². The van der Waals surface area contributed by atoms with Crippen molar-refractivity contribution in [2.45, 2.75) is 193 Å². The summed E-state index contributed by atoms with van der Waals surface area (Å²) in [6.07, 6.45) is 46.1. The number of ether oxygens (including phenoxy) is 1. The number of nitrogens with one attached hydrogen (secondary N) is 1. The normalized spacial score (nSPS) is 13.8. The van der Waals surface area contributed by atoms with Gasteiger partial charge < -0.3 is 20.1 Å². The van der Waals surface area contributed by atoms with E-state index in [1.807, 2.05) is 0 Å². The zero-order valence-electron chi connectivity index (χ0n) is 34.4. The van der Waals surface area contributed by atoms with Crippen molar-refractivity contribution in [2.24, 2.45) is 0 Å². The smallest absolute Gasteiger partial charge is 0.463 e. The second-order valence-corrected chi connectivity index (χ2v) is 15.7. The van der Waals surface area contributed by atoms with Gasteiger partial charge in [-0.05, 0) is 70.6 Å². The van der Waals surface area contributed by atoms with Gasteiger partial charge in [-0.25, -0.2) is 4.57 Å². The van der Waals surface area contributed by atoms with Crippen LogP contribution in [0.2, 0.25) is 0 Å². The Kier molecular flexibility index (Phi) is 39.1. The molecule has 0 saturated carbocycles. The van der Waals surface area contributed by atoms with Gasteiger partial charge in [-0.15, -0.1) is 0 Å². The Balaban J connectivity index is 3.62. The summed E-state index contributed by atoms with van der Waals surface area (Å²) in [4.78, 5) is 33.9. The second-order valence-electron chi connectivity index (χ2n) is 14.3. The standard InChI is InChI=1S/C44H80NO8P/c1-3-5-7-9-11-13-15-17-19-20-21-23-24-26-28-30-32-34-36-43(47)45-38-39-52-54(49,50)53-41-42(46)40-51-44(48)37-35-33-31-29-27-25-22-18-16-14-12-10-8-6-4-2/h6,8,12,14,18-20,22,42,46H,3-5,7,9-11,13,15-17,21,23-41H2,1-2H3,(H,45,47)(H,49,50)/b8-6-,14-12-,20-19-,22-18-. The minimum atomic E-state index is -4.42. The maximum Gasteiger partial charge on any atom is 0.472 e. The van der Waals surface area contributed by atoms with Crippen LogP contribution in [0.1, 0.15) is 187 Å². The van der Waals surface area contributed by atoms with Crippen LogP contribution in [0.5, 0.6) is 0 Å². The number of aliphatic hydroxyl groups is 1. The van der Waals surface area contributed by atoms with Crippen LogP contribution in [-0.4, -0.2) is 54.3 Å². The molecule has 314 valence electrons. The van der Waals surface area contributed by atoms with Crippen molar-refractivity contribution < 1.29 is 37.9 Å². The van der Waals surface area contributed by atoms with E-state index < -0.39 is 26.5 Å². The molecular formula is C44H80NO8P. The predicted molar refractivity (Wildman–Crippen MR) is 224 cm³/mol. The number of carbonyl (C=O) groups excluding carboxylic acids is 2. The summed E-state index contributed by atoms with van der Waals surface area (Å²) in [6.45, 7) is 3.41. The SMILES string of the molecule is CC/C=C\C/C=C\C/C=C\CCCCCCCC(=O)OCC(O)COP(=O)(O)OCCNC(=O)CCCCCCCCC/C=C\CCCCCCCCC. The summed E-state index contributed by atoms with van der Waals surface area (Å²) in [5.74, 6) is -0.539. The van der Waals surface area contributed by atoms with Gasteiger partial charge in [0.2, 0.25) is 5.91 Å². The van der Waals surface area contributed by atoms with Gasteiger partial charge in [-0.1, -0.05) is 152 Å². The lowest BCUT2D eigenvalue weighted by atomic mass is 10.1. The third-order valence-corrected chi connectivity index (χ3v) is 9.98. The van der Waals surface area contributed by atoms with Crippen molar-refractivity contribution in [1.82, 2.24) is 5.32 Å². The van der Waals surface area contributed by atoms with E-state index in [9.17, 15) is 24.2 Å². The lowest BCUT2D eigenvalue weighted by Crippen LogP contribution is -2.27. The maximum atomic E-state index is 12.1. The number of phosphoric acid groups is 1. The summed E-state index contributed by atoms with van der Waals surface area (Å²) >= 11 is 0. The fourth-order valence-corrected chi connectivity index (χ4v) is 6.50. The summed E-state index contributed by atoms with van der Waals surface area (Å²) < 4.78 is 26.8. The molecule has 0 aliphatic carbocycles. The molecule has 0 aliphatic rings. The molecule has 0 saturated heterocycles. The first-order valence-corrected chi connectivity index (χ1v) is 23.1. The molecule has 0 aromatic carbocycles. The number of phosphoric ester groups is 1. The van der Waals surface area contributed by atoms with Gasteiger partial charge in [-0.2, -0.15) is 0 Å². The van der Waals surface area contributed by atoms with Gasteiger partial charge in [0.25, 0.3) is 0 Å². The zero-order chi connectivity index (χ0) is 39.6. The van der Waals surface area contributed by atoms with Crippen LogP contribution in [0.15, 0.2) is 48.6 Å². The molecule has 2 atom stereocenters. The van der Waals surface area contributed by atoms with Crippen molar-refractivity contribution in [2.75, 3.05) is 26.4 Å². The third-order valence-electron chi connectivity index (χ3n) is 8.99. The Labute approximate surface area is 330 Å². The summed E-state index contributed by atoms with van der Waals surface area (Å²) in [5.41, 5.74) is 0. The first-order chi connectivity index (χ1) is 26.3. The van der Waals surface area contributed by atoms with E-state index in [0.29, 0.717) is 12.8 Å². The molecule has 0 radical (unpaired) electrons. The quantitative estimate of drug-likeness (QED) is 0.0242. The van der Waals surface area contributed by atoms with Crippen LogP contribution in [0.25, 0.3) is 0 Å².